The van der Waals surface area contributed by atoms with E-state index >= 15 is 0 Å². The fourth-order valence-electron chi connectivity index (χ4n) is 3.49. The van der Waals surface area contributed by atoms with Gasteiger partial charge in [-0.3, -0.25) is 9.69 Å². The number of benzene rings is 1. The molecule has 2 fully saturated rings. The number of ketones is 1. The Bertz CT molecular complexity index is 516. The van der Waals surface area contributed by atoms with Crippen molar-refractivity contribution in [2.24, 2.45) is 0 Å². The minimum Gasteiger partial charge on any atom is -0.379 e. The number of likely N-dealkylation sites (tertiary alicyclic amines) is 1. The lowest BCUT2D eigenvalue weighted by molar-refractivity contribution is 0.0147. The number of carbonyl (C=O) groups excluding carboxylic acids is 1. The zero-order valence-corrected chi connectivity index (χ0v) is 16.8. The summed E-state index contributed by atoms with van der Waals surface area (Å²) >= 11 is 5.95. The second-order valence-electron chi connectivity index (χ2n) is 6.37. The number of morpholine rings is 1. The molecule has 2 aliphatic rings. The molecule has 1 aromatic rings. The third kappa shape index (κ3) is 6.38. The van der Waals surface area contributed by atoms with Gasteiger partial charge in [0.15, 0.2) is 5.78 Å². The van der Waals surface area contributed by atoms with Crippen molar-refractivity contribution in [3.05, 3.63) is 34.9 Å². The van der Waals surface area contributed by atoms with Crippen LogP contribution in [0.2, 0.25) is 5.02 Å². The van der Waals surface area contributed by atoms with E-state index in [2.05, 4.69) is 9.80 Å². The van der Waals surface area contributed by atoms with E-state index < -0.39 is 0 Å². The second-order valence-corrected chi connectivity index (χ2v) is 6.81. The van der Waals surface area contributed by atoms with Crippen molar-refractivity contribution in [3.8, 4) is 0 Å². The first-order valence-corrected chi connectivity index (χ1v) is 8.96. The molecular weight excluding hydrogens is 383 g/mol. The summed E-state index contributed by atoms with van der Waals surface area (Å²) < 4.78 is 5.45. The summed E-state index contributed by atoms with van der Waals surface area (Å²) in [5.74, 6) is 0.211. The Kier molecular flexibility index (Phi) is 10.3. The van der Waals surface area contributed by atoms with Crippen LogP contribution in [0.25, 0.3) is 0 Å². The molecule has 1 aromatic carbocycles. The highest BCUT2D eigenvalue weighted by molar-refractivity contribution is 6.30. The van der Waals surface area contributed by atoms with Crippen LogP contribution < -0.4 is 0 Å². The van der Waals surface area contributed by atoms with Crippen LogP contribution in [0.15, 0.2) is 24.3 Å². The van der Waals surface area contributed by atoms with Crippen LogP contribution in [0.3, 0.4) is 0 Å². The van der Waals surface area contributed by atoms with Crippen molar-refractivity contribution in [2.45, 2.75) is 25.3 Å². The first-order valence-electron chi connectivity index (χ1n) is 8.58. The summed E-state index contributed by atoms with van der Waals surface area (Å²) in [5.41, 5.74) is 0.757. The largest absolute Gasteiger partial charge is 0.379 e. The van der Waals surface area contributed by atoms with E-state index in [1.807, 2.05) is 12.1 Å². The van der Waals surface area contributed by atoms with Gasteiger partial charge in [-0.2, -0.15) is 0 Å². The van der Waals surface area contributed by atoms with Gasteiger partial charge in [0.2, 0.25) is 0 Å². The van der Waals surface area contributed by atoms with Crippen LogP contribution in [0.1, 0.15) is 29.6 Å². The lowest BCUT2D eigenvalue weighted by Gasteiger charge is -2.34. The van der Waals surface area contributed by atoms with Gasteiger partial charge in [0.05, 0.1) is 19.3 Å². The minimum atomic E-state index is -0.0549. The van der Waals surface area contributed by atoms with E-state index in [1.165, 1.54) is 25.9 Å². The van der Waals surface area contributed by atoms with Crippen LogP contribution in [0, 0.1) is 0 Å². The Labute approximate surface area is 167 Å². The Morgan fingerprint density at radius 2 is 1.64 bits per heavy atom. The summed E-state index contributed by atoms with van der Waals surface area (Å²) in [6.45, 7) is 6.45. The molecule has 4 nitrogen and oxygen atoms in total. The standard InChI is InChI=1S/C18H25ClN2O2.2ClH/c19-16-5-3-15(4-6-16)18(22)17(21-11-13-23-14-12-21)7-10-20-8-1-2-9-20;;/h3-6,17H,1-2,7-14H2;2*1H. The highest BCUT2D eigenvalue weighted by Gasteiger charge is 2.29. The van der Waals surface area contributed by atoms with Crippen molar-refractivity contribution in [1.82, 2.24) is 9.80 Å². The first kappa shape index (κ1) is 22.7. The highest BCUT2D eigenvalue weighted by atomic mass is 35.5. The maximum atomic E-state index is 13.0. The number of hydrogen-bond acceptors (Lipinski definition) is 4. The van der Waals surface area contributed by atoms with Gasteiger partial charge in [-0.1, -0.05) is 11.6 Å². The lowest BCUT2D eigenvalue weighted by Crippen LogP contribution is -2.48. The molecule has 1 unspecified atom stereocenters. The number of carbonyl (C=O) groups is 1. The van der Waals surface area contributed by atoms with E-state index in [0.717, 1.165) is 31.6 Å². The number of halogens is 3. The topological polar surface area (TPSA) is 32.8 Å². The van der Waals surface area contributed by atoms with Crippen molar-refractivity contribution >= 4 is 42.2 Å². The molecule has 0 N–H and O–H groups in total. The molecule has 3 rings (SSSR count). The minimum absolute atomic E-state index is 0. The Balaban J connectivity index is 0.00000156. The molecular formula is C18H27Cl3N2O2. The van der Waals surface area contributed by atoms with Gasteiger partial charge in [0, 0.05) is 30.2 Å². The molecule has 0 saturated carbocycles. The van der Waals surface area contributed by atoms with Crippen molar-refractivity contribution in [2.75, 3.05) is 45.9 Å². The second kappa shape index (κ2) is 11.4. The average molecular weight is 410 g/mol. The van der Waals surface area contributed by atoms with Crippen LogP contribution in [0.4, 0.5) is 0 Å². The third-order valence-corrected chi connectivity index (χ3v) is 5.09. The van der Waals surface area contributed by atoms with Gasteiger partial charge in [0.25, 0.3) is 0 Å². The summed E-state index contributed by atoms with van der Waals surface area (Å²) in [5, 5.41) is 0.668. The molecule has 0 radical (unpaired) electrons. The predicted molar refractivity (Wildman–Crippen MR) is 107 cm³/mol. The number of nitrogens with zero attached hydrogens (tertiary/aromatic N) is 2. The normalized spacial score (nSPS) is 19.7. The maximum Gasteiger partial charge on any atom is 0.179 e. The van der Waals surface area contributed by atoms with E-state index in [4.69, 9.17) is 16.3 Å². The number of hydrogen-bond donors (Lipinski definition) is 0. The average Bonchev–Trinajstić information content (AvgIpc) is 3.10. The van der Waals surface area contributed by atoms with Gasteiger partial charge in [-0.05, 0) is 56.6 Å². The molecule has 142 valence electrons. The summed E-state index contributed by atoms with van der Waals surface area (Å²) in [4.78, 5) is 17.8. The number of rotatable bonds is 6. The zero-order valence-electron chi connectivity index (χ0n) is 14.4. The fraction of sp³-hybridized carbons (Fsp3) is 0.611. The van der Waals surface area contributed by atoms with Gasteiger partial charge < -0.3 is 9.64 Å². The van der Waals surface area contributed by atoms with Crippen molar-refractivity contribution in [3.63, 3.8) is 0 Å². The van der Waals surface area contributed by atoms with Crippen LogP contribution in [0.5, 0.6) is 0 Å². The zero-order chi connectivity index (χ0) is 16.1. The Morgan fingerprint density at radius 3 is 2.24 bits per heavy atom. The summed E-state index contributed by atoms with van der Waals surface area (Å²) in [7, 11) is 0. The van der Waals surface area contributed by atoms with Crippen molar-refractivity contribution in [1.29, 1.82) is 0 Å². The monoisotopic (exact) mass is 408 g/mol. The molecule has 2 heterocycles. The molecule has 25 heavy (non-hydrogen) atoms. The molecule has 0 aromatic heterocycles. The molecule has 2 aliphatic heterocycles. The Morgan fingerprint density at radius 1 is 1.04 bits per heavy atom. The molecule has 0 aliphatic carbocycles. The van der Waals surface area contributed by atoms with Gasteiger partial charge >= 0.3 is 0 Å². The van der Waals surface area contributed by atoms with Crippen molar-refractivity contribution < 1.29 is 9.53 Å². The quantitative estimate of drug-likeness (QED) is 0.673. The van der Waals surface area contributed by atoms with Gasteiger partial charge in [0.1, 0.15) is 0 Å². The third-order valence-electron chi connectivity index (χ3n) is 4.84. The van der Waals surface area contributed by atoms with Crippen LogP contribution in [-0.2, 0) is 4.74 Å². The molecule has 7 heteroatoms. The number of ether oxygens (including phenoxy) is 1. The fourth-order valence-corrected chi connectivity index (χ4v) is 3.61. The summed E-state index contributed by atoms with van der Waals surface area (Å²) in [6.07, 6.45) is 3.46. The molecule has 0 bridgehead atoms. The predicted octanol–water partition coefficient (Wildman–Crippen LogP) is 3.55. The van der Waals surface area contributed by atoms with Crippen LogP contribution >= 0.6 is 36.4 Å². The molecule has 0 amide bonds. The Hall–Kier alpha value is -0.360. The molecule has 0 spiro atoms. The summed E-state index contributed by atoms with van der Waals surface area (Å²) in [6, 6.07) is 7.22. The van der Waals surface area contributed by atoms with E-state index in [9.17, 15) is 4.79 Å². The van der Waals surface area contributed by atoms with Gasteiger partial charge in [-0.25, -0.2) is 0 Å². The molecule has 1 atom stereocenters. The lowest BCUT2D eigenvalue weighted by atomic mass is 9.99. The van der Waals surface area contributed by atoms with E-state index in [0.29, 0.717) is 18.2 Å². The van der Waals surface area contributed by atoms with Crippen LogP contribution in [-0.4, -0.2) is 67.6 Å². The SMILES string of the molecule is Cl.Cl.O=C(c1ccc(Cl)cc1)C(CCN1CCCC1)N1CCOCC1. The van der Waals surface area contributed by atoms with E-state index in [-0.39, 0.29) is 36.6 Å². The maximum absolute atomic E-state index is 13.0. The van der Waals surface area contributed by atoms with E-state index in [1.54, 1.807) is 12.1 Å². The van der Waals surface area contributed by atoms with Gasteiger partial charge in [-0.15, -0.1) is 24.8 Å². The number of Topliss-reactive ketones (excluding diaryl/α,β-unsaturated/α-hetero) is 1. The molecule has 2 saturated heterocycles. The first-order chi connectivity index (χ1) is 11.2. The highest BCUT2D eigenvalue weighted by Crippen LogP contribution is 2.18. The smallest absolute Gasteiger partial charge is 0.179 e.